The van der Waals surface area contributed by atoms with E-state index in [9.17, 15) is 14.9 Å². The molecule has 0 saturated carbocycles. The third-order valence-corrected chi connectivity index (χ3v) is 1.63. The first kappa shape index (κ1) is 10.0. The van der Waals surface area contributed by atoms with Crippen LogP contribution in [0.4, 0.5) is 5.69 Å². The number of nitrogens with zero attached hydrogens (tertiary/aromatic N) is 3. The molecule has 1 heterocycles. The molecular weight excluding hydrogens is 190 g/mol. The molecule has 1 aromatic heterocycles. The van der Waals surface area contributed by atoms with Gasteiger partial charge in [-0.25, -0.2) is 9.97 Å². The summed E-state index contributed by atoms with van der Waals surface area (Å²) in [4.78, 5) is 27.3. The molecule has 7 nitrogen and oxygen atoms in total. The van der Waals surface area contributed by atoms with Gasteiger partial charge in [-0.2, -0.15) is 0 Å². The lowest BCUT2D eigenvalue weighted by Crippen LogP contribution is -2.11. The van der Waals surface area contributed by atoms with Crippen molar-refractivity contribution < 1.29 is 14.8 Å². The van der Waals surface area contributed by atoms with E-state index in [0.717, 1.165) is 12.4 Å². The van der Waals surface area contributed by atoms with E-state index in [-0.39, 0.29) is 11.5 Å². The maximum atomic E-state index is 10.5. The Morgan fingerprint density at radius 2 is 2.07 bits per heavy atom. The maximum absolute atomic E-state index is 10.5. The Morgan fingerprint density at radius 3 is 2.43 bits per heavy atom. The number of nitro groups is 1. The summed E-state index contributed by atoms with van der Waals surface area (Å²) in [6.07, 6.45) is 1.98. The van der Waals surface area contributed by atoms with E-state index in [1.54, 1.807) is 0 Å². The van der Waals surface area contributed by atoms with Crippen molar-refractivity contribution in [3.05, 3.63) is 28.3 Å². The molecule has 0 spiro atoms. The van der Waals surface area contributed by atoms with Crippen molar-refractivity contribution in [2.75, 3.05) is 0 Å². The minimum atomic E-state index is -1.07. The number of carboxylic acid groups (broad SMARTS) is 1. The van der Waals surface area contributed by atoms with E-state index in [1.807, 2.05) is 0 Å². The fraction of sp³-hybridized carbons (Fsp3) is 0.286. The van der Waals surface area contributed by atoms with Gasteiger partial charge in [0.05, 0.1) is 4.92 Å². The first-order valence-corrected chi connectivity index (χ1v) is 3.71. The molecule has 74 valence electrons. The quantitative estimate of drug-likeness (QED) is 0.560. The van der Waals surface area contributed by atoms with E-state index in [2.05, 4.69) is 9.97 Å². The molecule has 0 bridgehead atoms. The van der Waals surface area contributed by atoms with Crippen LogP contribution >= 0.6 is 0 Å². The SMILES string of the molecule is CC(C(=O)O)c1ncc([N+](=O)[O-])cn1. The third kappa shape index (κ3) is 2.00. The molecule has 1 unspecified atom stereocenters. The highest BCUT2D eigenvalue weighted by Crippen LogP contribution is 2.12. The van der Waals surface area contributed by atoms with Gasteiger partial charge in [-0.05, 0) is 6.92 Å². The summed E-state index contributed by atoms with van der Waals surface area (Å²) in [5, 5.41) is 18.8. The zero-order valence-electron chi connectivity index (χ0n) is 7.25. The lowest BCUT2D eigenvalue weighted by molar-refractivity contribution is -0.385. The average Bonchev–Trinajstić information content (AvgIpc) is 2.16. The van der Waals surface area contributed by atoms with Gasteiger partial charge in [0, 0.05) is 0 Å². The summed E-state index contributed by atoms with van der Waals surface area (Å²) in [7, 11) is 0. The topological polar surface area (TPSA) is 106 Å². The van der Waals surface area contributed by atoms with Gasteiger partial charge in [0.1, 0.15) is 24.1 Å². The predicted molar refractivity (Wildman–Crippen MR) is 44.7 cm³/mol. The van der Waals surface area contributed by atoms with Gasteiger partial charge in [0.2, 0.25) is 0 Å². The third-order valence-electron chi connectivity index (χ3n) is 1.63. The summed E-state index contributed by atoms with van der Waals surface area (Å²) in [5.41, 5.74) is -0.258. The van der Waals surface area contributed by atoms with Crippen LogP contribution in [-0.4, -0.2) is 26.0 Å². The van der Waals surface area contributed by atoms with E-state index >= 15 is 0 Å². The Kier molecular flexibility index (Phi) is 2.70. The van der Waals surface area contributed by atoms with Crippen molar-refractivity contribution in [2.45, 2.75) is 12.8 Å². The van der Waals surface area contributed by atoms with E-state index in [0.29, 0.717) is 0 Å². The zero-order chi connectivity index (χ0) is 10.7. The molecule has 0 fully saturated rings. The Bertz CT molecular complexity index is 362. The smallest absolute Gasteiger partial charge is 0.313 e. The minimum Gasteiger partial charge on any atom is -0.481 e. The molecule has 0 radical (unpaired) electrons. The van der Waals surface area contributed by atoms with Crippen LogP contribution in [0.1, 0.15) is 18.7 Å². The number of hydrogen-bond donors (Lipinski definition) is 1. The standard InChI is InChI=1S/C7H7N3O4/c1-4(7(11)12)6-8-2-5(3-9-6)10(13)14/h2-4H,1H3,(H,11,12). The molecule has 0 aliphatic rings. The van der Waals surface area contributed by atoms with Gasteiger partial charge in [0.15, 0.2) is 0 Å². The second-order valence-electron chi connectivity index (χ2n) is 2.62. The summed E-state index contributed by atoms with van der Waals surface area (Å²) < 4.78 is 0. The van der Waals surface area contributed by atoms with Crippen molar-refractivity contribution in [1.29, 1.82) is 0 Å². The highest BCUT2D eigenvalue weighted by atomic mass is 16.6. The highest BCUT2D eigenvalue weighted by molar-refractivity contribution is 5.74. The second-order valence-corrected chi connectivity index (χ2v) is 2.62. The van der Waals surface area contributed by atoms with Crippen LogP contribution in [0.25, 0.3) is 0 Å². The van der Waals surface area contributed by atoms with Crippen molar-refractivity contribution in [1.82, 2.24) is 9.97 Å². The first-order chi connectivity index (χ1) is 6.52. The van der Waals surface area contributed by atoms with Crippen molar-refractivity contribution >= 4 is 11.7 Å². The monoisotopic (exact) mass is 197 g/mol. The minimum absolute atomic E-state index is 0.0584. The fourth-order valence-electron chi connectivity index (χ4n) is 0.760. The van der Waals surface area contributed by atoms with Gasteiger partial charge in [-0.3, -0.25) is 14.9 Å². The van der Waals surface area contributed by atoms with Crippen LogP contribution in [0.15, 0.2) is 12.4 Å². The molecule has 1 rings (SSSR count). The Hall–Kier alpha value is -2.05. The molecule has 1 N–H and O–H groups in total. The van der Waals surface area contributed by atoms with E-state index in [1.165, 1.54) is 6.92 Å². The van der Waals surface area contributed by atoms with Crippen molar-refractivity contribution in [2.24, 2.45) is 0 Å². The number of carbonyl (C=O) groups is 1. The molecule has 0 aliphatic carbocycles. The maximum Gasteiger partial charge on any atom is 0.313 e. The summed E-state index contributed by atoms with van der Waals surface area (Å²) in [5.74, 6) is -1.88. The second kappa shape index (κ2) is 3.77. The van der Waals surface area contributed by atoms with Gasteiger partial charge < -0.3 is 5.11 Å². The van der Waals surface area contributed by atoms with Crippen LogP contribution in [0.2, 0.25) is 0 Å². The number of hydrogen-bond acceptors (Lipinski definition) is 5. The molecular formula is C7H7N3O4. The lowest BCUT2D eigenvalue weighted by Gasteiger charge is -2.02. The largest absolute Gasteiger partial charge is 0.481 e. The molecule has 7 heteroatoms. The van der Waals surface area contributed by atoms with Crippen LogP contribution in [0, 0.1) is 10.1 Å². The van der Waals surface area contributed by atoms with Crippen LogP contribution < -0.4 is 0 Å². The normalized spacial score (nSPS) is 12.1. The van der Waals surface area contributed by atoms with Crippen LogP contribution in [-0.2, 0) is 4.79 Å². The Balaban J connectivity index is 2.94. The molecule has 0 aromatic carbocycles. The molecule has 0 aliphatic heterocycles. The van der Waals surface area contributed by atoms with Gasteiger partial charge in [0.25, 0.3) is 0 Å². The van der Waals surface area contributed by atoms with Crippen molar-refractivity contribution in [3.8, 4) is 0 Å². The van der Waals surface area contributed by atoms with Gasteiger partial charge >= 0.3 is 11.7 Å². The number of aliphatic carboxylic acids is 1. The molecule has 0 saturated heterocycles. The van der Waals surface area contributed by atoms with Crippen LogP contribution in [0.3, 0.4) is 0 Å². The van der Waals surface area contributed by atoms with Crippen LogP contribution in [0.5, 0.6) is 0 Å². The predicted octanol–water partition coefficient (Wildman–Crippen LogP) is 0.573. The summed E-state index contributed by atoms with van der Waals surface area (Å²) in [6, 6.07) is 0. The van der Waals surface area contributed by atoms with E-state index in [4.69, 9.17) is 5.11 Å². The lowest BCUT2D eigenvalue weighted by atomic mass is 10.2. The first-order valence-electron chi connectivity index (χ1n) is 3.71. The zero-order valence-corrected chi connectivity index (χ0v) is 7.25. The van der Waals surface area contributed by atoms with E-state index < -0.39 is 16.8 Å². The molecule has 1 atom stereocenters. The van der Waals surface area contributed by atoms with Gasteiger partial charge in [-0.1, -0.05) is 0 Å². The summed E-state index contributed by atoms with van der Waals surface area (Å²) >= 11 is 0. The average molecular weight is 197 g/mol. The number of rotatable bonds is 3. The molecule has 0 amide bonds. The van der Waals surface area contributed by atoms with Crippen molar-refractivity contribution in [3.63, 3.8) is 0 Å². The Morgan fingerprint density at radius 1 is 1.57 bits per heavy atom. The highest BCUT2D eigenvalue weighted by Gasteiger charge is 2.17. The summed E-state index contributed by atoms with van der Waals surface area (Å²) in [6.45, 7) is 1.41. The fourth-order valence-corrected chi connectivity index (χ4v) is 0.760. The number of aromatic nitrogens is 2. The van der Waals surface area contributed by atoms with Gasteiger partial charge in [-0.15, -0.1) is 0 Å². The number of carboxylic acids is 1. The molecule has 14 heavy (non-hydrogen) atoms. The Labute approximate surface area is 78.6 Å². The molecule has 1 aromatic rings.